The van der Waals surface area contributed by atoms with Gasteiger partial charge in [0.2, 0.25) is 5.91 Å². The minimum Gasteiger partial charge on any atom is -0.456 e. The lowest BCUT2D eigenvalue weighted by Gasteiger charge is -2.15. The van der Waals surface area contributed by atoms with Gasteiger partial charge in [-0.05, 0) is 29.8 Å². The van der Waals surface area contributed by atoms with Crippen LogP contribution in [0.3, 0.4) is 0 Å². The van der Waals surface area contributed by atoms with Gasteiger partial charge in [0.1, 0.15) is 18.6 Å². The maximum Gasteiger partial charge on any atom is 0.355 e. The Bertz CT molecular complexity index is 943. The number of benzene rings is 2. The third-order valence-corrected chi connectivity index (χ3v) is 4.96. The fourth-order valence-electron chi connectivity index (χ4n) is 3.10. The molecule has 136 valence electrons. The third-order valence-electron chi connectivity index (χ3n) is 4.43. The molecule has 0 spiro atoms. The second-order valence-electron chi connectivity index (χ2n) is 6.13. The van der Waals surface area contributed by atoms with Crippen molar-refractivity contribution in [3.8, 4) is 0 Å². The summed E-state index contributed by atoms with van der Waals surface area (Å²) in [5.41, 5.74) is 3.79. The van der Waals surface area contributed by atoms with Gasteiger partial charge in [-0.2, -0.15) is 5.10 Å². The van der Waals surface area contributed by atoms with E-state index >= 15 is 0 Å². The molecule has 2 aliphatic rings. The van der Waals surface area contributed by atoms with Crippen LogP contribution in [0.25, 0.3) is 0 Å². The van der Waals surface area contributed by atoms with Crippen molar-refractivity contribution in [2.24, 2.45) is 11.0 Å². The smallest absolute Gasteiger partial charge is 0.355 e. The minimum absolute atomic E-state index is 0.0641. The fourth-order valence-corrected chi connectivity index (χ4v) is 3.36. The Labute approximate surface area is 163 Å². The molecule has 1 fully saturated rings. The van der Waals surface area contributed by atoms with Crippen molar-refractivity contribution in [2.45, 2.75) is 12.6 Å². The van der Waals surface area contributed by atoms with Crippen molar-refractivity contribution >= 4 is 45.1 Å². The summed E-state index contributed by atoms with van der Waals surface area (Å²) in [7, 11) is 0. The molecule has 2 aliphatic heterocycles. The van der Waals surface area contributed by atoms with Crippen LogP contribution in [-0.4, -0.2) is 29.5 Å². The van der Waals surface area contributed by atoms with E-state index < -0.39 is 29.7 Å². The van der Waals surface area contributed by atoms with Crippen LogP contribution in [0, 0.1) is 5.92 Å². The number of rotatable bonds is 4. The molecule has 2 heterocycles. The van der Waals surface area contributed by atoms with E-state index in [-0.39, 0.29) is 12.3 Å². The molecule has 8 heteroatoms. The Morgan fingerprint density at radius 1 is 1.07 bits per heavy atom. The summed E-state index contributed by atoms with van der Waals surface area (Å²) in [5.74, 6) is -2.63. The number of esters is 1. The fraction of sp³-hybridized carbons (Fsp3) is 0.158. The molecule has 1 N–H and O–H groups in total. The highest BCUT2D eigenvalue weighted by Crippen LogP contribution is 2.31. The molecule has 2 atom stereocenters. The van der Waals surface area contributed by atoms with Gasteiger partial charge in [0.25, 0.3) is 5.91 Å². The first-order valence-corrected chi connectivity index (χ1v) is 9.03. The van der Waals surface area contributed by atoms with Crippen molar-refractivity contribution in [3.05, 3.63) is 64.6 Å². The molecule has 0 aliphatic carbocycles. The van der Waals surface area contributed by atoms with Crippen LogP contribution in [0.5, 0.6) is 0 Å². The van der Waals surface area contributed by atoms with Gasteiger partial charge in [-0.3, -0.25) is 15.0 Å². The number of hydrazone groups is 1. The summed E-state index contributed by atoms with van der Waals surface area (Å²) in [4.78, 5) is 39.0. The zero-order chi connectivity index (χ0) is 19.0. The lowest BCUT2D eigenvalue weighted by Crippen LogP contribution is -2.36. The number of nitrogens with zero attached hydrogens (tertiary/aromatic N) is 2. The monoisotopic (exact) mass is 427 g/mol. The van der Waals surface area contributed by atoms with Crippen LogP contribution in [0.1, 0.15) is 5.56 Å². The van der Waals surface area contributed by atoms with Crippen LogP contribution in [0.2, 0.25) is 0 Å². The number of nitrogens with one attached hydrogen (secondary N) is 1. The van der Waals surface area contributed by atoms with Gasteiger partial charge in [0.05, 0.1) is 5.69 Å². The first-order chi connectivity index (χ1) is 13.1. The predicted molar refractivity (Wildman–Crippen MR) is 101 cm³/mol. The first kappa shape index (κ1) is 17.4. The third kappa shape index (κ3) is 3.12. The molecule has 2 amide bonds. The number of anilines is 1. The molecule has 0 saturated carbocycles. The average molecular weight is 428 g/mol. The number of carbonyl (C=O) groups is 3. The van der Waals surface area contributed by atoms with Crippen LogP contribution >= 0.6 is 15.9 Å². The Kier molecular flexibility index (Phi) is 4.49. The van der Waals surface area contributed by atoms with Gasteiger partial charge in [-0.25, -0.2) is 9.69 Å². The average Bonchev–Trinajstić information content (AvgIpc) is 3.22. The highest BCUT2D eigenvalue weighted by atomic mass is 79.9. The van der Waals surface area contributed by atoms with E-state index in [2.05, 4.69) is 26.5 Å². The van der Waals surface area contributed by atoms with Gasteiger partial charge >= 0.3 is 5.97 Å². The van der Waals surface area contributed by atoms with E-state index in [0.717, 1.165) is 14.9 Å². The van der Waals surface area contributed by atoms with E-state index in [9.17, 15) is 14.4 Å². The zero-order valence-corrected chi connectivity index (χ0v) is 15.5. The predicted octanol–water partition coefficient (Wildman–Crippen LogP) is 2.01. The maximum atomic E-state index is 12.8. The largest absolute Gasteiger partial charge is 0.456 e. The van der Waals surface area contributed by atoms with Gasteiger partial charge in [-0.15, -0.1) is 0 Å². The highest BCUT2D eigenvalue weighted by molar-refractivity contribution is 9.10. The molecule has 0 radical (unpaired) electrons. The number of amides is 2. The molecular formula is C19H14BrN3O4. The lowest BCUT2D eigenvalue weighted by molar-refractivity contribution is -0.137. The van der Waals surface area contributed by atoms with Crippen LogP contribution in [0.15, 0.2) is 64.2 Å². The Balaban J connectivity index is 1.51. The lowest BCUT2D eigenvalue weighted by atomic mass is 9.99. The molecule has 27 heavy (non-hydrogen) atoms. The maximum absolute atomic E-state index is 12.8. The standard InChI is InChI=1S/C19H14BrN3O4/c20-12-6-8-13(9-7-12)23-17(24)14-15(18(23)25)21-22-16(14)19(26)27-10-11-4-2-1-3-5-11/h1-9,14-15,21H,10H2/t14-,15-/m1/s1. The second kappa shape index (κ2) is 6.96. The van der Waals surface area contributed by atoms with Crippen molar-refractivity contribution in [1.29, 1.82) is 0 Å². The Morgan fingerprint density at radius 3 is 2.48 bits per heavy atom. The molecule has 4 rings (SSSR count). The van der Waals surface area contributed by atoms with E-state index in [1.807, 2.05) is 30.3 Å². The van der Waals surface area contributed by atoms with Crippen molar-refractivity contribution < 1.29 is 19.1 Å². The summed E-state index contributed by atoms with van der Waals surface area (Å²) in [6.45, 7) is 0.0641. The Hall–Kier alpha value is -3.00. The topological polar surface area (TPSA) is 88.1 Å². The first-order valence-electron chi connectivity index (χ1n) is 8.24. The van der Waals surface area contributed by atoms with E-state index in [1.54, 1.807) is 24.3 Å². The molecule has 7 nitrogen and oxygen atoms in total. The molecule has 0 aromatic heterocycles. The van der Waals surface area contributed by atoms with E-state index in [4.69, 9.17) is 4.74 Å². The summed E-state index contributed by atoms with van der Waals surface area (Å²) in [5, 5.41) is 3.89. The molecule has 2 aromatic rings. The van der Waals surface area contributed by atoms with Gasteiger partial charge < -0.3 is 4.74 Å². The van der Waals surface area contributed by atoms with Crippen molar-refractivity contribution in [1.82, 2.24) is 5.43 Å². The molecule has 0 unspecified atom stereocenters. The molecule has 2 aromatic carbocycles. The number of ether oxygens (including phenoxy) is 1. The normalized spacial score (nSPS) is 20.9. The SMILES string of the molecule is O=C(OCc1ccccc1)C1=NN[C@H]2C(=O)N(c3ccc(Br)cc3)C(=O)[C@@H]12. The Morgan fingerprint density at radius 2 is 1.78 bits per heavy atom. The van der Waals surface area contributed by atoms with Crippen molar-refractivity contribution in [3.63, 3.8) is 0 Å². The van der Waals surface area contributed by atoms with Crippen LogP contribution in [0.4, 0.5) is 5.69 Å². The van der Waals surface area contributed by atoms with Crippen LogP contribution in [-0.2, 0) is 25.7 Å². The van der Waals surface area contributed by atoms with Crippen molar-refractivity contribution in [2.75, 3.05) is 4.90 Å². The quantitative estimate of drug-likeness (QED) is 0.595. The van der Waals surface area contributed by atoms with Gasteiger partial charge in [0.15, 0.2) is 5.71 Å². The van der Waals surface area contributed by atoms with Gasteiger partial charge in [-0.1, -0.05) is 46.3 Å². The number of fused-ring (bicyclic) bond motifs is 1. The number of imide groups is 1. The summed E-state index contributed by atoms with van der Waals surface area (Å²) < 4.78 is 6.09. The molecule has 1 saturated heterocycles. The second-order valence-corrected chi connectivity index (χ2v) is 7.05. The number of halogens is 1. The zero-order valence-electron chi connectivity index (χ0n) is 14.0. The number of hydrogen-bond acceptors (Lipinski definition) is 6. The number of carbonyl (C=O) groups excluding carboxylic acids is 3. The molecule has 0 bridgehead atoms. The van der Waals surface area contributed by atoms with Crippen LogP contribution < -0.4 is 10.3 Å². The summed E-state index contributed by atoms with van der Waals surface area (Å²) in [6.07, 6.45) is 0. The number of hydrogen-bond donors (Lipinski definition) is 1. The summed E-state index contributed by atoms with van der Waals surface area (Å²) >= 11 is 3.32. The van der Waals surface area contributed by atoms with E-state index in [0.29, 0.717) is 5.69 Å². The summed E-state index contributed by atoms with van der Waals surface area (Å²) in [6, 6.07) is 15.1. The van der Waals surface area contributed by atoms with Gasteiger partial charge in [0, 0.05) is 4.47 Å². The van der Waals surface area contributed by atoms with E-state index in [1.165, 1.54) is 0 Å². The highest BCUT2D eigenvalue weighted by Gasteiger charge is 2.55. The molecular weight excluding hydrogens is 414 g/mol. The minimum atomic E-state index is -0.982.